The van der Waals surface area contributed by atoms with Gasteiger partial charge in [-0.3, -0.25) is 0 Å². The van der Waals surface area contributed by atoms with Crippen LogP contribution in [0.3, 0.4) is 0 Å². The Balaban J connectivity index is 1.64. The van der Waals surface area contributed by atoms with E-state index in [0.29, 0.717) is 36.8 Å². The number of fused-ring (bicyclic) bond motifs is 1. The summed E-state index contributed by atoms with van der Waals surface area (Å²) in [6.45, 7) is 2.90. The Kier molecular flexibility index (Phi) is 6.15. The number of para-hydroxylation sites is 1. The summed E-state index contributed by atoms with van der Waals surface area (Å²) in [5.74, 6) is 2.19. The third-order valence-electron chi connectivity index (χ3n) is 5.67. The predicted octanol–water partition coefficient (Wildman–Crippen LogP) is 3.33. The van der Waals surface area contributed by atoms with E-state index in [9.17, 15) is 8.42 Å². The summed E-state index contributed by atoms with van der Waals surface area (Å²) in [5.41, 5.74) is 2.56. The van der Waals surface area contributed by atoms with Crippen molar-refractivity contribution in [3.05, 3.63) is 42.4 Å². The van der Waals surface area contributed by atoms with Crippen LogP contribution in [0.4, 0.5) is 0 Å². The molecule has 3 aromatic rings. The lowest BCUT2D eigenvalue weighted by atomic mass is 9.99. The van der Waals surface area contributed by atoms with Crippen LogP contribution in [0.25, 0.3) is 16.8 Å². The molecule has 9 heteroatoms. The molecule has 31 heavy (non-hydrogen) atoms. The van der Waals surface area contributed by atoms with Crippen LogP contribution >= 0.6 is 0 Å². The molecule has 1 aliphatic rings. The van der Waals surface area contributed by atoms with Gasteiger partial charge in [0.2, 0.25) is 10.0 Å². The number of rotatable bonds is 7. The first-order valence-electron chi connectivity index (χ1n) is 10.5. The zero-order chi connectivity index (χ0) is 22.0. The smallest absolute Gasteiger partial charge is 0.214 e. The highest BCUT2D eigenvalue weighted by atomic mass is 32.2. The summed E-state index contributed by atoms with van der Waals surface area (Å²) in [5, 5.41) is 4.70. The van der Waals surface area contributed by atoms with Gasteiger partial charge >= 0.3 is 0 Å². The van der Waals surface area contributed by atoms with Crippen LogP contribution in [0, 0.1) is 0 Å². The molecule has 0 saturated carbocycles. The van der Waals surface area contributed by atoms with Crippen molar-refractivity contribution in [1.29, 1.82) is 0 Å². The molecule has 0 spiro atoms. The average Bonchev–Trinajstić information content (AvgIpc) is 3.22. The summed E-state index contributed by atoms with van der Waals surface area (Å²) < 4.78 is 39.3. The monoisotopic (exact) mass is 444 g/mol. The summed E-state index contributed by atoms with van der Waals surface area (Å²) in [7, 11) is 0.0174. The molecular formula is C22H28N4O4S. The SMILES string of the molecule is CCCS(=O)(=O)N1CCC[C@@H](c2nc3ccc(-c4cccc(OC)c4OC)cn3n2)C1. The van der Waals surface area contributed by atoms with Crippen LogP contribution in [0.1, 0.15) is 37.9 Å². The van der Waals surface area contributed by atoms with Gasteiger partial charge in [-0.15, -0.1) is 0 Å². The van der Waals surface area contributed by atoms with E-state index >= 15 is 0 Å². The molecule has 1 fully saturated rings. The third-order valence-corrected chi connectivity index (χ3v) is 7.71. The number of pyridine rings is 1. The van der Waals surface area contributed by atoms with E-state index in [0.717, 1.165) is 29.6 Å². The zero-order valence-electron chi connectivity index (χ0n) is 18.1. The van der Waals surface area contributed by atoms with Gasteiger partial charge < -0.3 is 9.47 Å². The van der Waals surface area contributed by atoms with Gasteiger partial charge in [0, 0.05) is 36.3 Å². The highest BCUT2D eigenvalue weighted by Crippen LogP contribution is 2.37. The molecule has 1 aromatic carbocycles. The lowest BCUT2D eigenvalue weighted by molar-refractivity contribution is 0.309. The predicted molar refractivity (Wildman–Crippen MR) is 119 cm³/mol. The molecule has 1 aliphatic heterocycles. The number of benzene rings is 1. The van der Waals surface area contributed by atoms with Gasteiger partial charge in [-0.25, -0.2) is 22.2 Å². The first-order valence-corrected chi connectivity index (χ1v) is 12.1. The first kappa shape index (κ1) is 21.6. The van der Waals surface area contributed by atoms with Crippen molar-refractivity contribution >= 4 is 15.7 Å². The van der Waals surface area contributed by atoms with E-state index in [1.807, 2.05) is 43.5 Å². The average molecular weight is 445 g/mol. The Morgan fingerprint density at radius 3 is 2.74 bits per heavy atom. The highest BCUT2D eigenvalue weighted by Gasteiger charge is 2.31. The molecule has 3 heterocycles. The lowest BCUT2D eigenvalue weighted by Crippen LogP contribution is -2.40. The van der Waals surface area contributed by atoms with E-state index in [4.69, 9.17) is 14.6 Å². The molecule has 166 valence electrons. The quantitative estimate of drug-likeness (QED) is 0.556. The topological polar surface area (TPSA) is 86.0 Å². The zero-order valence-corrected chi connectivity index (χ0v) is 18.9. The van der Waals surface area contributed by atoms with Crippen LogP contribution in [0.15, 0.2) is 36.5 Å². The molecule has 0 aliphatic carbocycles. The lowest BCUT2D eigenvalue weighted by Gasteiger charge is -2.30. The van der Waals surface area contributed by atoms with Gasteiger partial charge in [-0.05, 0) is 37.5 Å². The Hall–Kier alpha value is -2.65. The molecule has 0 unspecified atom stereocenters. The Labute approximate surface area is 182 Å². The first-order chi connectivity index (χ1) is 15.0. The summed E-state index contributed by atoms with van der Waals surface area (Å²) >= 11 is 0. The second-order valence-corrected chi connectivity index (χ2v) is 9.83. The Bertz CT molecular complexity index is 1180. The van der Waals surface area contributed by atoms with E-state index in [-0.39, 0.29) is 11.7 Å². The maximum atomic E-state index is 12.5. The molecule has 1 atom stereocenters. The molecule has 0 radical (unpaired) electrons. The van der Waals surface area contributed by atoms with Crippen LogP contribution in [0.5, 0.6) is 11.5 Å². The number of piperidine rings is 1. The molecule has 4 rings (SSSR count). The van der Waals surface area contributed by atoms with Crippen molar-refractivity contribution in [2.75, 3.05) is 33.1 Å². The number of aromatic nitrogens is 3. The van der Waals surface area contributed by atoms with E-state index in [1.165, 1.54) is 0 Å². The fourth-order valence-electron chi connectivity index (χ4n) is 4.14. The number of nitrogens with zero attached hydrogens (tertiary/aromatic N) is 4. The fourth-order valence-corrected chi connectivity index (χ4v) is 5.73. The van der Waals surface area contributed by atoms with E-state index < -0.39 is 10.0 Å². The Morgan fingerprint density at radius 1 is 1.16 bits per heavy atom. The van der Waals surface area contributed by atoms with Gasteiger partial charge in [-0.2, -0.15) is 5.10 Å². The van der Waals surface area contributed by atoms with Crippen LogP contribution < -0.4 is 9.47 Å². The van der Waals surface area contributed by atoms with Crippen molar-refractivity contribution in [3.8, 4) is 22.6 Å². The largest absolute Gasteiger partial charge is 0.493 e. The van der Waals surface area contributed by atoms with Crippen molar-refractivity contribution in [1.82, 2.24) is 18.9 Å². The minimum Gasteiger partial charge on any atom is -0.493 e. The van der Waals surface area contributed by atoms with Gasteiger partial charge in [0.05, 0.1) is 20.0 Å². The second kappa shape index (κ2) is 8.84. The molecule has 1 saturated heterocycles. The maximum absolute atomic E-state index is 12.5. The van der Waals surface area contributed by atoms with E-state index in [2.05, 4.69) is 4.98 Å². The molecule has 0 amide bonds. The Morgan fingerprint density at radius 2 is 2.00 bits per heavy atom. The summed E-state index contributed by atoms with van der Waals surface area (Å²) in [4.78, 5) is 4.68. The van der Waals surface area contributed by atoms with Crippen molar-refractivity contribution in [3.63, 3.8) is 0 Å². The summed E-state index contributed by atoms with van der Waals surface area (Å²) in [6.07, 6.45) is 4.23. The summed E-state index contributed by atoms with van der Waals surface area (Å²) in [6, 6.07) is 9.64. The standard InChI is InChI=1S/C22H28N4O4S/c1-4-13-31(27,28)25-12-6-7-17(14-25)22-23-20-11-10-16(15-26(20)24-22)18-8-5-9-19(29-2)21(18)30-3/h5,8-11,15,17H,4,6-7,12-14H2,1-3H3/t17-/m1/s1. The number of hydrogen-bond donors (Lipinski definition) is 0. The fraction of sp³-hybridized carbons (Fsp3) is 0.455. The van der Waals surface area contributed by atoms with Gasteiger partial charge in [0.15, 0.2) is 23.0 Å². The third kappa shape index (κ3) is 4.24. The van der Waals surface area contributed by atoms with Crippen molar-refractivity contribution in [2.24, 2.45) is 0 Å². The molecule has 2 aromatic heterocycles. The van der Waals surface area contributed by atoms with Crippen molar-refractivity contribution < 1.29 is 17.9 Å². The minimum atomic E-state index is -3.22. The molecule has 0 N–H and O–H groups in total. The number of hydrogen-bond acceptors (Lipinski definition) is 6. The number of ether oxygens (including phenoxy) is 2. The minimum absolute atomic E-state index is 0.00455. The normalized spacial score (nSPS) is 17.7. The van der Waals surface area contributed by atoms with Gasteiger partial charge in [0.25, 0.3) is 0 Å². The second-order valence-electron chi connectivity index (χ2n) is 7.74. The van der Waals surface area contributed by atoms with Crippen LogP contribution in [-0.2, 0) is 10.0 Å². The molecular weight excluding hydrogens is 416 g/mol. The van der Waals surface area contributed by atoms with E-state index in [1.54, 1.807) is 23.0 Å². The number of sulfonamides is 1. The van der Waals surface area contributed by atoms with Gasteiger partial charge in [0.1, 0.15) is 0 Å². The molecule has 0 bridgehead atoms. The van der Waals surface area contributed by atoms with Crippen molar-refractivity contribution in [2.45, 2.75) is 32.1 Å². The molecule has 8 nitrogen and oxygen atoms in total. The number of methoxy groups -OCH3 is 2. The maximum Gasteiger partial charge on any atom is 0.214 e. The van der Waals surface area contributed by atoms with Crippen LogP contribution in [-0.4, -0.2) is 60.4 Å². The van der Waals surface area contributed by atoms with Crippen LogP contribution in [0.2, 0.25) is 0 Å². The van der Waals surface area contributed by atoms with Gasteiger partial charge in [-0.1, -0.05) is 19.1 Å². The highest BCUT2D eigenvalue weighted by molar-refractivity contribution is 7.89.